The molecular weight excluding hydrogens is 194 g/mol. The number of rotatable bonds is 5. The molecule has 1 aromatic rings. The molecule has 0 radical (unpaired) electrons. The molecule has 0 N–H and O–H groups in total. The van der Waals surface area contributed by atoms with Gasteiger partial charge in [-0.05, 0) is 55.9 Å². The zero-order valence-corrected chi connectivity index (χ0v) is 10.6. The highest BCUT2D eigenvalue weighted by atomic mass is 15.1. The fraction of sp³-hybridized carbons (Fsp3) is 0.600. The molecule has 1 heteroatoms. The molecule has 0 saturated heterocycles. The van der Waals surface area contributed by atoms with E-state index in [1.807, 2.05) is 0 Å². The molecule has 0 aliphatic heterocycles. The number of nitrogens with zero attached hydrogens (tertiary/aromatic N) is 1. The minimum atomic E-state index is 0.816. The maximum Gasteiger partial charge on any atom is -0.00131 e. The number of hydrogen-bond acceptors (Lipinski definition) is 1. The van der Waals surface area contributed by atoms with Crippen LogP contribution < -0.4 is 0 Å². The SMILES string of the molecule is CCN(CC)CC[C@H]1CCc2ccccc21. The third kappa shape index (κ3) is 2.46. The van der Waals surface area contributed by atoms with E-state index in [-0.39, 0.29) is 0 Å². The van der Waals surface area contributed by atoms with Crippen molar-refractivity contribution in [3.63, 3.8) is 0 Å². The zero-order valence-electron chi connectivity index (χ0n) is 10.6. The molecule has 0 amide bonds. The first kappa shape index (κ1) is 11.7. The molecule has 0 bridgehead atoms. The molecule has 0 spiro atoms. The molecule has 88 valence electrons. The van der Waals surface area contributed by atoms with Gasteiger partial charge in [0.25, 0.3) is 0 Å². The van der Waals surface area contributed by atoms with Crippen LogP contribution in [0.2, 0.25) is 0 Å². The number of aryl methyl sites for hydroxylation is 1. The van der Waals surface area contributed by atoms with Crippen molar-refractivity contribution < 1.29 is 0 Å². The van der Waals surface area contributed by atoms with Gasteiger partial charge < -0.3 is 4.90 Å². The maximum atomic E-state index is 2.53. The zero-order chi connectivity index (χ0) is 11.4. The Balaban J connectivity index is 1.93. The minimum absolute atomic E-state index is 0.816. The van der Waals surface area contributed by atoms with Gasteiger partial charge in [0, 0.05) is 0 Å². The quantitative estimate of drug-likeness (QED) is 0.730. The Hall–Kier alpha value is -0.820. The fourth-order valence-corrected chi connectivity index (χ4v) is 2.82. The molecule has 16 heavy (non-hydrogen) atoms. The van der Waals surface area contributed by atoms with E-state index < -0.39 is 0 Å². The molecule has 0 fully saturated rings. The maximum absolute atomic E-state index is 2.53. The van der Waals surface area contributed by atoms with Crippen LogP contribution in [0.5, 0.6) is 0 Å². The summed E-state index contributed by atoms with van der Waals surface area (Å²) in [5.41, 5.74) is 3.21. The Kier molecular flexibility index (Phi) is 4.00. The van der Waals surface area contributed by atoms with Crippen molar-refractivity contribution >= 4 is 0 Å². The van der Waals surface area contributed by atoms with Crippen LogP contribution in [0.4, 0.5) is 0 Å². The first-order valence-corrected chi connectivity index (χ1v) is 6.65. The average molecular weight is 217 g/mol. The monoisotopic (exact) mass is 217 g/mol. The molecule has 1 nitrogen and oxygen atoms in total. The van der Waals surface area contributed by atoms with Crippen molar-refractivity contribution in [2.75, 3.05) is 19.6 Å². The summed E-state index contributed by atoms with van der Waals surface area (Å²) in [7, 11) is 0. The van der Waals surface area contributed by atoms with E-state index in [1.165, 1.54) is 38.9 Å². The highest BCUT2D eigenvalue weighted by Crippen LogP contribution is 2.35. The van der Waals surface area contributed by atoms with E-state index in [4.69, 9.17) is 0 Å². The van der Waals surface area contributed by atoms with Crippen LogP contribution in [0, 0.1) is 0 Å². The lowest BCUT2D eigenvalue weighted by Gasteiger charge is -2.20. The Labute approximate surface area is 99.5 Å². The van der Waals surface area contributed by atoms with Crippen molar-refractivity contribution in [3.05, 3.63) is 35.4 Å². The molecular formula is C15H23N. The van der Waals surface area contributed by atoms with Gasteiger partial charge in [-0.3, -0.25) is 0 Å². The third-order valence-electron chi connectivity index (χ3n) is 3.95. The minimum Gasteiger partial charge on any atom is -0.304 e. The lowest BCUT2D eigenvalue weighted by molar-refractivity contribution is 0.290. The summed E-state index contributed by atoms with van der Waals surface area (Å²) in [5, 5.41) is 0. The van der Waals surface area contributed by atoms with Gasteiger partial charge in [0.2, 0.25) is 0 Å². The normalized spacial score (nSPS) is 19.1. The van der Waals surface area contributed by atoms with E-state index in [0.29, 0.717) is 0 Å². The summed E-state index contributed by atoms with van der Waals surface area (Å²) >= 11 is 0. The Morgan fingerprint density at radius 2 is 1.94 bits per heavy atom. The average Bonchev–Trinajstić information content (AvgIpc) is 2.74. The highest BCUT2D eigenvalue weighted by molar-refractivity contribution is 5.34. The van der Waals surface area contributed by atoms with Crippen LogP contribution in [-0.2, 0) is 6.42 Å². The van der Waals surface area contributed by atoms with Crippen LogP contribution in [0.15, 0.2) is 24.3 Å². The summed E-state index contributed by atoms with van der Waals surface area (Å²) in [6.07, 6.45) is 3.98. The predicted molar refractivity (Wildman–Crippen MR) is 69.9 cm³/mol. The summed E-state index contributed by atoms with van der Waals surface area (Å²) in [6, 6.07) is 8.99. The van der Waals surface area contributed by atoms with E-state index in [9.17, 15) is 0 Å². The van der Waals surface area contributed by atoms with Gasteiger partial charge in [-0.25, -0.2) is 0 Å². The van der Waals surface area contributed by atoms with Gasteiger partial charge >= 0.3 is 0 Å². The van der Waals surface area contributed by atoms with Crippen molar-refractivity contribution in [1.82, 2.24) is 4.90 Å². The molecule has 2 rings (SSSR count). The lowest BCUT2D eigenvalue weighted by Crippen LogP contribution is -2.25. The number of hydrogen-bond donors (Lipinski definition) is 0. The Morgan fingerprint density at radius 1 is 1.19 bits per heavy atom. The molecule has 0 aromatic heterocycles. The molecule has 0 saturated carbocycles. The summed E-state index contributed by atoms with van der Waals surface area (Å²) in [4.78, 5) is 2.53. The van der Waals surface area contributed by atoms with E-state index in [1.54, 1.807) is 11.1 Å². The molecule has 0 heterocycles. The van der Waals surface area contributed by atoms with Crippen molar-refractivity contribution in [1.29, 1.82) is 0 Å². The Bertz CT molecular complexity index is 328. The summed E-state index contributed by atoms with van der Waals surface area (Å²) in [5.74, 6) is 0.816. The van der Waals surface area contributed by atoms with E-state index >= 15 is 0 Å². The van der Waals surface area contributed by atoms with Crippen LogP contribution in [-0.4, -0.2) is 24.5 Å². The van der Waals surface area contributed by atoms with Crippen molar-refractivity contribution in [2.45, 2.75) is 39.0 Å². The van der Waals surface area contributed by atoms with E-state index in [0.717, 1.165) is 5.92 Å². The van der Waals surface area contributed by atoms with Gasteiger partial charge in [0.1, 0.15) is 0 Å². The van der Waals surface area contributed by atoms with Gasteiger partial charge in [0.15, 0.2) is 0 Å². The number of benzene rings is 1. The summed E-state index contributed by atoms with van der Waals surface area (Å²) in [6.45, 7) is 8.14. The predicted octanol–water partition coefficient (Wildman–Crippen LogP) is 3.45. The van der Waals surface area contributed by atoms with Gasteiger partial charge in [-0.15, -0.1) is 0 Å². The largest absolute Gasteiger partial charge is 0.304 e. The first-order chi connectivity index (χ1) is 7.85. The Morgan fingerprint density at radius 3 is 2.69 bits per heavy atom. The lowest BCUT2D eigenvalue weighted by atomic mass is 9.98. The van der Waals surface area contributed by atoms with Crippen molar-refractivity contribution in [3.8, 4) is 0 Å². The third-order valence-corrected chi connectivity index (χ3v) is 3.95. The van der Waals surface area contributed by atoms with Gasteiger partial charge in [0.05, 0.1) is 0 Å². The first-order valence-electron chi connectivity index (χ1n) is 6.65. The molecule has 1 aromatic carbocycles. The van der Waals surface area contributed by atoms with Crippen LogP contribution >= 0.6 is 0 Å². The van der Waals surface area contributed by atoms with Crippen molar-refractivity contribution in [2.24, 2.45) is 0 Å². The second kappa shape index (κ2) is 5.49. The fourth-order valence-electron chi connectivity index (χ4n) is 2.82. The van der Waals surface area contributed by atoms with Crippen LogP contribution in [0.1, 0.15) is 43.7 Å². The number of fused-ring (bicyclic) bond motifs is 1. The van der Waals surface area contributed by atoms with Crippen LogP contribution in [0.3, 0.4) is 0 Å². The molecule has 1 atom stereocenters. The molecule has 1 aliphatic carbocycles. The second-order valence-corrected chi connectivity index (χ2v) is 4.75. The highest BCUT2D eigenvalue weighted by Gasteiger charge is 2.21. The molecule has 1 aliphatic rings. The topological polar surface area (TPSA) is 3.24 Å². The van der Waals surface area contributed by atoms with Gasteiger partial charge in [-0.1, -0.05) is 38.1 Å². The van der Waals surface area contributed by atoms with E-state index in [2.05, 4.69) is 43.0 Å². The van der Waals surface area contributed by atoms with Gasteiger partial charge in [-0.2, -0.15) is 0 Å². The summed E-state index contributed by atoms with van der Waals surface area (Å²) < 4.78 is 0. The standard InChI is InChI=1S/C15H23N/c1-3-16(4-2)12-11-14-10-9-13-7-5-6-8-15(13)14/h5-8,14H,3-4,9-12H2,1-2H3/t14-/m1/s1. The molecule has 0 unspecified atom stereocenters. The van der Waals surface area contributed by atoms with Crippen LogP contribution in [0.25, 0.3) is 0 Å². The second-order valence-electron chi connectivity index (χ2n) is 4.75. The smallest absolute Gasteiger partial charge is 0.00131 e.